The second-order valence-corrected chi connectivity index (χ2v) is 9.62. The Hall–Kier alpha value is -4.01. The number of rotatable bonds is 14. The lowest BCUT2D eigenvalue weighted by Crippen LogP contribution is -2.54. The van der Waals surface area contributed by atoms with E-state index in [9.17, 15) is 29.7 Å². The van der Waals surface area contributed by atoms with Crippen LogP contribution in [-0.2, 0) is 16.0 Å². The SMILES string of the molecule is Cc1ccncc1C(=O)NC(CCCCNC(=O)C(C#N)=CC(C)C)C(=O)N[C@@H](Cc1ccccc1)B(O)O. The second kappa shape index (κ2) is 16.1. The molecular weight excluding hydrogens is 497 g/mol. The van der Waals surface area contributed by atoms with Gasteiger partial charge in [0.15, 0.2) is 0 Å². The molecule has 5 N–H and O–H groups in total. The average molecular weight is 533 g/mol. The summed E-state index contributed by atoms with van der Waals surface area (Å²) >= 11 is 0. The molecule has 10 nitrogen and oxygen atoms in total. The highest BCUT2D eigenvalue weighted by molar-refractivity contribution is 6.43. The molecule has 2 rings (SSSR count). The molecule has 11 heteroatoms. The summed E-state index contributed by atoms with van der Waals surface area (Å²) in [4.78, 5) is 42.4. The molecule has 0 aliphatic rings. The Bertz CT molecular complexity index is 1180. The first-order valence-corrected chi connectivity index (χ1v) is 12.9. The van der Waals surface area contributed by atoms with E-state index in [1.807, 2.05) is 50.2 Å². The Morgan fingerprint density at radius 3 is 2.44 bits per heavy atom. The number of aromatic nitrogens is 1. The number of nitrogens with zero attached hydrogens (tertiary/aromatic N) is 2. The minimum absolute atomic E-state index is 0.0494. The molecular formula is C28H36BN5O5. The van der Waals surface area contributed by atoms with E-state index in [1.54, 1.807) is 25.3 Å². The van der Waals surface area contributed by atoms with Crippen LogP contribution in [-0.4, -0.2) is 58.4 Å². The van der Waals surface area contributed by atoms with E-state index in [1.165, 1.54) is 6.20 Å². The molecule has 0 aliphatic heterocycles. The number of nitriles is 1. The van der Waals surface area contributed by atoms with Gasteiger partial charge in [-0.3, -0.25) is 19.4 Å². The summed E-state index contributed by atoms with van der Waals surface area (Å²) in [5, 5.41) is 37.1. The predicted octanol–water partition coefficient (Wildman–Crippen LogP) is 1.62. The third kappa shape index (κ3) is 10.7. The van der Waals surface area contributed by atoms with E-state index in [2.05, 4.69) is 20.9 Å². The number of aryl methyl sites for hydroxylation is 1. The van der Waals surface area contributed by atoms with Gasteiger partial charge in [-0.2, -0.15) is 5.26 Å². The third-order valence-electron chi connectivity index (χ3n) is 5.96. The van der Waals surface area contributed by atoms with Crippen LogP contribution >= 0.6 is 0 Å². The first-order chi connectivity index (χ1) is 18.6. The van der Waals surface area contributed by atoms with Crippen LogP contribution in [0.2, 0.25) is 0 Å². The van der Waals surface area contributed by atoms with Crippen LogP contribution in [0.5, 0.6) is 0 Å². The van der Waals surface area contributed by atoms with Crippen molar-refractivity contribution in [2.75, 3.05) is 6.54 Å². The molecule has 0 saturated heterocycles. The fourth-order valence-electron chi connectivity index (χ4n) is 3.86. The number of amides is 3. The Morgan fingerprint density at radius 2 is 1.82 bits per heavy atom. The summed E-state index contributed by atoms with van der Waals surface area (Å²) in [6.45, 7) is 5.79. The molecule has 0 radical (unpaired) electrons. The average Bonchev–Trinajstić information content (AvgIpc) is 2.90. The first kappa shape index (κ1) is 31.2. The van der Waals surface area contributed by atoms with Crippen molar-refractivity contribution in [2.45, 2.75) is 58.4 Å². The maximum absolute atomic E-state index is 13.2. The fraction of sp³-hybridized carbons (Fsp3) is 0.393. The summed E-state index contributed by atoms with van der Waals surface area (Å²) in [6, 6.07) is 11.7. The number of unbranched alkanes of at least 4 members (excludes halogenated alkanes) is 1. The lowest BCUT2D eigenvalue weighted by atomic mass is 9.75. The molecule has 0 bridgehead atoms. The summed E-state index contributed by atoms with van der Waals surface area (Å²) in [7, 11) is -1.81. The minimum Gasteiger partial charge on any atom is -0.426 e. The number of nitrogens with one attached hydrogen (secondary N) is 3. The molecule has 39 heavy (non-hydrogen) atoms. The number of hydrogen-bond donors (Lipinski definition) is 5. The molecule has 0 spiro atoms. The van der Waals surface area contributed by atoms with Crippen LogP contribution in [0.4, 0.5) is 0 Å². The summed E-state index contributed by atoms with van der Waals surface area (Å²) in [5.74, 6) is -2.43. The predicted molar refractivity (Wildman–Crippen MR) is 148 cm³/mol. The van der Waals surface area contributed by atoms with Crippen LogP contribution in [0, 0.1) is 24.2 Å². The highest BCUT2D eigenvalue weighted by Crippen LogP contribution is 2.10. The van der Waals surface area contributed by atoms with Gasteiger partial charge in [0.2, 0.25) is 5.91 Å². The standard InChI is InChI=1S/C28H36BN5O5/c1-19(2)15-22(17-30)26(35)32-13-8-7-11-24(33-27(36)23-18-31-14-12-20(23)3)28(37)34-25(29(38)39)16-21-9-5-4-6-10-21/h4-6,9-10,12,14-15,18-19,24-25,38-39H,7-8,11,13,16H2,1-3H3,(H,32,35)(H,33,36)(H,34,37)/t24?,25-/m0/s1. The monoisotopic (exact) mass is 533 g/mol. The number of benzene rings is 1. The second-order valence-electron chi connectivity index (χ2n) is 9.62. The van der Waals surface area contributed by atoms with E-state index < -0.39 is 36.8 Å². The molecule has 2 atom stereocenters. The van der Waals surface area contributed by atoms with E-state index in [0.29, 0.717) is 24.0 Å². The lowest BCUT2D eigenvalue weighted by molar-refractivity contribution is -0.123. The zero-order valence-electron chi connectivity index (χ0n) is 22.6. The Labute approximate surface area is 229 Å². The molecule has 1 unspecified atom stereocenters. The number of hydrogen-bond acceptors (Lipinski definition) is 7. The van der Waals surface area contributed by atoms with Gasteiger partial charge >= 0.3 is 7.12 Å². The van der Waals surface area contributed by atoms with Crippen LogP contribution < -0.4 is 16.0 Å². The molecule has 1 aromatic heterocycles. The maximum atomic E-state index is 13.2. The van der Waals surface area contributed by atoms with Crippen molar-refractivity contribution in [2.24, 2.45) is 5.92 Å². The van der Waals surface area contributed by atoms with Gasteiger partial charge in [0.1, 0.15) is 17.7 Å². The van der Waals surface area contributed by atoms with Crippen LogP contribution in [0.3, 0.4) is 0 Å². The maximum Gasteiger partial charge on any atom is 0.475 e. The van der Waals surface area contributed by atoms with Crippen molar-refractivity contribution >= 4 is 24.8 Å². The molecule has 0 saturated carbocycles. The van der Waals surface area contributed by atoms with Crippen molar-refractivity contribution in [1.29, 1.82) is 5.26 Å². The van der Waals surface area contributed by atoms with Crippen molar-refractivity contribution in [3.8, 4) is 6.07 Å². The van der Waals surface area contributed by atoms with Gasteiger partial charge in [0.25, 0.3) is 11.8 Å². The number of allylic oxidation sites excluding steroid dienone is 1. The zero-order valence-corrected chi connectivity index (χ0v) is 22.6. The van der Waals surface area contributed by atoms with E-state index in [-0.39, 0.29) is 30.9 Å². The van der Waals surface area contributed by atoms with E-state index in [0.717, 1.165) is 5.56 Å². The van der Waals surface area contributed by atoms with Gasteiger partial charge in [-0.25, -0.2) is 0 Å². The Kier molecular flexibility index (Phi) is 12.9. The highest BCUT2D eigenvalue weighted by Gasteiger charge is 2.30. The first-order valence-electron chi connectivity index (χ1n) is 12.9. The highest BCUT2D eigenvalue weighted by atomic mass is 16.4. The van der Waals surface area contributed by atoms with Gasteiger partial charge in [-0.1, -0.05) is 50.3 Å². The molecule has 1 aromatic carbocycles. The summed E-state index contributed by atoms with van der Waals surface area (Å²) in [5.41, 5.74) is 1.88. The number of carbonyl (C=O) groups is 3. The molecule has 0 fully saturated rings. The quantitative estimate of drug-likeness (QED) is 0.107. The Morgan fingerprint density at radius 1 is 1.10 bits per heavy atom. The van der Waals surface area contributed by atoms with Crippen molar-refractivity contribution in [3.63, 3.8) is 0 Å². The van der Waals surface area contributed by atoms with Crippen molar-refractivity contribution in [3.05, 3.63) is 77.1 Å². The van der Waals surface area contributed by atoms with E-state index in [4.69, 9.17) is 0 Å². The lowest BCUT2D eigenvalue weighted by Gasteiger charge is -2.23. The van der Waals surface area contributed by atoms with Crippen molar-refractivity contribution < 1.29 is 24.4 Å². The van der Waals surface area contributed by atoms with Crippen molar-refractivity contribution in [1.82, 2.24) is 20.9 Å². The molecule has 2 aromatic rings. The van der Waals surface area contributed by atoms with Gasteiger partial charge < -0.3 is 26.0 Å². The molecule has 0 aliphatic carbocycles. The van der Waals surface area contributed by atoms with Gasteiger partial charge in [-0.05, 0) is 55.7 Å². The van der Waals surface area contributed by atoms with Gasteiger partial charge in [-0.15, -0.1) is 0 Å². The number of carbonyl (C=O) groups excluding carboxylic acids is 3. The molecule has 3 amide bonds. The van der Waals surface area contributed by atoms with Crippen LogP contribution in [0.25, 0.3) is 0 Å². The Balaban J connectivity index is 2.06. The van der Waals surface area contributed by atoms with E-state index >= 15 is 0 Å². The molecule has 206 valence electrons. The number of pyridine rings is 1. The smallest absolute Gasteiger partial charge is 0.426 e. The summed E-state index contributed by atoms with van der Waals surface area (Å²) in [6.07, 6.45) is 5.95. The van der Waals surface area contributed by atoms with Gasteiger partial charge in [0, 0.05) is 18.9 Å². The topological polar surface area (TPSA) is 164 Å². The van der Waals surface area contributed by atoms with Crippen LogP contribution in [0.15, 0.2) is 60.4 Å². The normalized spacial score (nSPS) is 12.7. The fourth-order valence-corrected chi connectivity index (χ4v) is 3.86. The summed E-state index contributed by atoms with van der Waals surface area (Å²) < 4.78 is 0. The molecule has 1 heterocycles. The van der Waals surface area contributed by atoms with Gasteiger partial charge in [0.05, 0.1) is 11.5 Å². The zero-order chi connectivity index (χ0) is 28.8. The largest absolute Gasteiger partial charge is 0.475 e. The minimum atomic E-state index is -1.81. The third-order valence-corrected chi connectivity index (χ3v) is 5.96. The van der Waals surface area contributed by atoms with Crippen LogP contribution in [0.1, 0.15) is 54.6 Å².